The van der Waals surface area contributed by atoms with Crippen molar-refractivity contribution in [3.8, 4) is 11.4 Å². The topological polar surface area (TPSA) is 51.0 Å². The Morgan fingerprint density at radius 2 is 2.00 bits per heavy atom. The van der Waals surface area contributed by atoms with E-state index in [1.807, 2.05) is 13.8 Å². The third-order valence-electron chi connectivity index (χ3n) is 2.02. The molecule has 4 nitrogen and oxygen atoms in total. The summed E-state index contributed by atoms with van der Waals surface area (Å²) in [5.74, 6) is -1.63. The Morgan fingerprint density at radius 1 is 1.24 bits per heavy atom. The van der Waals surface area contributed by atoms with Crippen LogP contribution >= 0.6 is 0 Å². The Kier molecular flexibility index (Phi) is 3.03. The maximum Gasteiger partial charge on any atom is 0.321 e. The number of halogens is 2. The van der Waals surface area contributed by atoms with Crippen molar-refractivity contribution in [2.24, 2.45) is 0 Å². The second kappa shape index (κ2) is 4.48. The molecule has 1 heterocycles. The number of hydrogen-bond acceptors (Lipinski definition) is 4. The number of nitrogens with zero attached hydrogens (tertiary/aromatic N) is 2. The van der Waals surface area contributed by atoms with Crippen molar-refractivity contribution >= 4 is 6.01 Å². The molecule has 6 heteroatoms. The molecule has 0 amide bonds. The predicted molar refractivity (Wildman–Crippen MR) is 58.4 cm³/mol. The van der Waals surface area contributed by atoms with Crippen molar-refractivity contribution in [2.75, 3.05) is 5.32 Å². The highest BCUT2D eigenvalue weighted by atomic mass is 19.2. The molecule has 17 heavy (non-hydrogen) atoms. The highest BCUT2D eigenvalue weighted by molar-refractivity contribution is 5.55. The van der Waals surface area contributed by atoms with Crippen LogP contribution in [0.15, 0.2) is 22.7 Å². The lowest BCUT2D eigenvalue weighted by Gasteiger charge is -2.01. The van der Waals surface area contributed by atoms with E-state index in [0.717, 1.165) is 12.1 Å². The van der Waals surface area contributed by atoms with E-state index in [2.05, 4.69) is 15.5 Å². The number of hydrogen-bond donors (Lipinski definition) is 1. The van der Waals surface area contributed by atoms with Gasteiger partial charge in [0.2, 0.25) is 5.82 Å². The number of nitrogens with one attached hydrogen (secondary N) is 1. The summed E-state index contributed by atoms with van der Waals surface area (Å²) in [7, 11) is 0. The van der Waals surface area contributed by atoms with Gasteiger partial charge >= 0.3 is 6.01 Å². The minimum atomic E-state index is -0.939. The van der Waals surface area contributed by atoms with Crippen LogP contribution in [0.1, 0.15) is 13.8 Å². The normalized spacial score (nSPS) is 10.9. The third-order valence-corrected chi connectivity index (χ3v) is 2.02. The molecule has 1 aromatic carbocycles. The quantitative estimate of drug-likeness (QED) is 0.894. The molecule has 0 radical (unpaired) electrons. The Bertz CT molecular complexity index is 525. The van der Waals surface area contributed by atoms with Crippen LogP contribution in [0, 0.1) is 11.6 Å². The van der Waals surface area contributed by atoms with Crippen molar-refractivity contribution in [2.45, 2.75) is 19.9 Å². The first kappa shape index (κ1) is 11.5. The van der Waals surface area contributed by atoms with E-state index >= 15 is 0 Å². The summed E-state index contributed by atoms with van der Waals surface area (Å²) in [5.41, 5.74) is 0.365. The molecule has 0 aliphatic rings. The van der Waals surface area contributed by atoms with Gasteiger partial charge in [-0.25, -0.2) is 8.78 Å². The first-order valence-corrected chi connectivity index (χ1v) is 5.12. The lowest BCUT2D eigenvalue weighted by atomic mass is 10.2. The van der Waals surface area contributed by atoms with Gasteiger partial charge in [-0.15, -0.1) is 0 Å². The van der Waals surface area contributed by atoms with Gasteiger partial charge in [-0.05, 0) is 32.0 Å². The maximum absolute atomic E-state index is 13.0. The third kappa shape index (κ3) is 2.58. The first-order chi connectivity index (χ1) is 8.06. The molecular formula is C11H11F2N3O. The van der Waals surface area contributed by atoms with E-state index in [-0.39, 0.29) is 17.9 Å². The molecule has 0 saturated carbocycles. The zero-order chi connectivity index (χ0) is 12.4. The van der Waals surface area contributed by atoms with Crippen LogP contribution in [-0.2, 0) is 0 Å². The van der Waals surface area contributed by atoms with Crippen molar-refractivity contribution in [3.05, 3.63) is 29.8 Å². The van der Waals surface area contributed by atoms with Crippen LogP contribution < -0.4 is 5.32 Å². The van der Waals surface area contributed by atoms with Crippen LogP contribution in [0.3, 0.4) is 0 Å². The van der Waals surface area contributed by atoms with Crippen molar-refractivity contribution < 1.29 is 13.3 Å². The Morgan fingerprint density at radius 3 is 2.65 bits per heavy atom. The maximum atomic E-state index is 13.0. The van der Waals surface area contributed by atoms with Gasteiger partial charge in [-0.3, -0.25) is 0 Å². The number of aromatic nitrogens is 2. The van der Waals surface area contributed by atoms with Crippen LogP contribution in [0.2, 0.25) is 0 Å². The van der Waals surface area contributed by atoms with Crippen molar-refractivity contribution in [1.29, 1.82) is 0 Å². The van der Waals surface area contributed by atoms with Gasteiger partial charge in [0.05, 0.1) is 0 Å². The zero-order valence-electron chi connectivity index (χ0n) is 9.37. The standard InChI is InChI=1S/C11H11F2N3O/c1-6(2)14-11-15-10(16-17-11)7-3-4-8(12)9(13)5-7/h3-6H,1-2H3,(H,14,15,16). The van der Waals surface area contributed by atoms with Gasteiger partial charge in [-0.1, -0.05) is 5.16 Å². The van der Waals surface area contributed by atoms with E-state index < -0.39 is 11.6 Å². The van der Waals surface area contributed by atoms with Crippen molar-refractivity contribution in [3.63, 3.8) is 0 Å². The fourth-order valence-corrected chi connectivity index (χ4v) is 1.28. The molecule has 0 fully saturated rings. The lowest BCUT2D eigenvalue weighted by Crippen LogP contribution is -2.09. The predicted octanol–water partition coefficient (Wildman–Crippen LogP) is 2.84. The summed E-state index contributed by atoms with van der Waals surface area (Å²) in [4.78, 5) is 4.01. The van der Waals surface area contributed by atoms with Crippen LogP contribution in [-0.4, -0.2) is 16.2 Å². The summed E-state index contributed by atoms with van der Waals surface area (Å²) >= 11 is 0. The van der Waals surface area contributed by atoms with Crippen LogP contribution in [0.5, 0.6) is 0 Å². The van der Waals surface area contributed by atoms with Gasteiger partial charge < -0.3 is 9.84 Å². The fraction of sp³-hybridized carbons (Fsp3) is 0.273. The second-order valence-electron chi connectivity index (χ2n) is 3.85. The molecule has 0 aliphatic carbocycles. The average Bonchev–Trinajstić information content (AvgIpc) is 2.69. The highest BCUT2D eigenvalue weighted by Crippen LogP contribution is 2.20. The molecule has 90 valence electrons. The molecule has 0 aliphatic heterocycles. The lowest BCUT2D eigenvalue weighted by molar-refractivity contribution is 0.429. The summed E-state index contributed by atoms with van der Waals surface area (Å²) < 4.78 is 30.7. The minimum absolute atomic E-state index is 0.147. The average molecular weight is 239 g/mol. The van der Waals surface area contributed by atoms with Gasteiger partial charge in [0.1, 0.15) is 0 Å². The Balaban J connectivity index is 2.27. The Labute approximate surface area is 96.6 Å². The number of rotatable bonds is 3. The Hall–Kier alpha value is -1.98. The van der Waals surface area contributed by atoms with Crippen LogP contribution in [0.25, 0.3) is 11.4 Å². The van der Waals surface area contributed by atoms with E-state index in [4.69, 9.17) is 4.52 Å². The summed E-state index contributed by atoms with van der Waals surface area (Å²) in [5, 5.41) is 6.59. The molecule has 0 saturated heterocycles. The van der Waals surface area contributed by atoms with E-state index in [1.165, 1.54) is 6.07 Å². The highest BCUT2D eigenvalue weighted by Gasteiger charge is 2.11. The van der Waals surface area contributed by atoms with Gasteiger partial charge in [0, 0.05) is 11.6 Å². The molecular weight excluding hydrogens is 228 g/mol. The molecule has 0 unspecified atom stereocenters. The molecule has 0 spiro atoms. The number of anilines is 1. The fourth-order valence-electron chi connectivity index (χ4n) is 1.28. The summed E-state index contributed by atoms with van der Waals surface area (Å²) in [6.07, 6.45) is 0. The minimum Gasteiger partial charge on any atom is -0.336 e. The van der Waals surface area contributed by atoms with Crippen LogP contribution in [0.4, 0.5) is 14.8 Å². The molecule has 0 bridgehead atoms. The molecule has 2 rings (SSSR count). The smallest absolute Gasteiger partial charge is 0.321 e. The van der Waals surface area contributed by atoms with Crippen molar-refractivity contribution in [1.82, 2.24) is 10.1 Å². The van der Waals surface area contributed by atoms with Gasteiger partial charge in [0.15, 0.2) is 11.6 Å². The largest absolute Gasteiger partial charge is 0.336 e. The zero-order valence-corrected chi connectivity index (χ0v) is 9.37. The second-order valence-corrected chi connectivity index (χ2v) is 3.85. The molecule has 1 aromatic heterocycles. The number of benzene rings is 1. The molecule has 2 aromatic rings. The summed E-state index contributed by atoms with van der Waals surface area (Å²) in [6.45, 7) is 3.84. The van der Waals surface area contributed by atoms with Gasteiger partial charge in [0.25, 0.3) is 0 Å². The summed E-state index contributed by atoms with van der Waals surface area (Å²) in [6, 6.07) is 3.84. The van der Waals surface area contributed by atoms with E-state index in [0.29, 0.717) is 5.56 Å². The van der Waals surface area contributed by atoms with E-state index in [9.17, 15) is 8.78 Å². The SMILES string of the molecule is CC(C)Nc1nc(-c2ccc(F)c(F)c2)no1. The molecule has 1 N–H and O–H groups in total. The first-order valence-electron chi connectivity index (χ1n) is 5.12. The monoisotopic (exact) mass is 239 g/mol. The van der Waals surface area contributed by atoms with E-state index in [1.54, 1.807) is 0 Å². The molecule has 0 atom stereocenters. The van der Waals surface area contributed by atoms with Gasteiger partial charge in [-0.2, -0.15) is 4.98 Å².